The van der Waals surface area contributed by atoms with E-state index in [4.69, 9.17) is 16.7 Å². The fourth-order valence-corrected chi connectivity index (χ4v) is 2.84. The largest absolute Gasteiger partial charge is 0.481 e. The van der Waals surface area contributed by atoms with E-state index in [1.165, 1.54) is 5.56 Å². The first-order valence-corrected chi connectivity index (χ1v) is 6.58. The Morgan fingerprint density at radius 3 is 2.83 bits per heavy atom. The molecule has 1 aromatic rings. The van der Waals surface area contributed by atoms with Crippen LogP contribution in [0.2, 0.25) is 5.02 Å². The monoisotopic (exact) mass is 267 g/mol. The standard InChI is InChI=1S/C14H18ClNO2/c1-9-7-12(15)4-3-11(9)8-16-6-5-13(10(16)2)14(17)18/h3-4,7,10,13H,5-6,8H2,1-2H3,(H,17,18). The summed E-state index contributed by atoms with van der Waals surface area (Å²) in [4.78, 5) is 13.3. The first-order valence-electron chi connectivity index (χ1n) is 6.21. The third-order valence-corrected chi connectivity index (χ3v) is 4.12. The van der Waals surface area contributed by atoms with Crippen molar-refractivity contribution in [3.63, 3.8) is 0 Å². The molecule has 0 bridgehead atoms. The third kappa shape index (κ3) is 2.68. The summed E-state index contributed by atoms with van der Waals surface area (Å²) in [6.45, 7) is 5.68. The average Bonchev–Trinajstić information content (AvgIpc) is 2.64. The van der Waals surface area contributed by atoms with Crippen molar-refractivity contribution in [3.05, 3.63) is 34.3 Å². The van der Waals surface area contributed by atoms with Gasteiger partial charge in [-0.25, -0.2) is 0 Å². The lowest BCUT2D eigenvalue weighted by Gasteiger charge is -2.23. The number of hydrogen-bond donors (Lipinski definition) is 1. The van der Waals surface area contributed by atoms with E-state index < -0.39 is 5.97 Å². The van der Waals surface area contributed by atoms with E-state index in [0.29, 0.717) is 0 Å². The Labute approximate surface area is 112 Å². The van der Waals surface area contributed by atoms with E-state index >= 15 is 0 Å². The van der Waals surface area contributed by atoms with Gasteiger partial charge in [0.1, 0.15) is 0 Å². The lowest BCUT2D eigenvalue weighted by Crippen LogP contribution is -2.32. The highest BCUT2D eigenvalue weighted by molar-refractivity contribution is 6.30. The van der Waals surface area contributed by atoms with Crippen LogP contribution in [0.3, 0.4) is 0 Å². The normalized spacial score (nSPS) is 24.4. The van der Waals surface area contributed by atoms with E-state index in [1.807, 2.05) is 32.0 Å². The second kappa shape index (κ2) is 5.29. The van der Waals surface area contributed by atoms with Crippen molar-refractivity contribution in [2.24, 2.45) is 5.92 Å². The number of nitrogens with zero attached hydrogens (tertiary/aromatic N) is 1. The molecule has 1 N–H and O–H groups in total. The Kier molecular flexibility index (Phi) is 3.93. The minimum Gasteiger partial charge on any atom is -0.481 e. The molecule has 1 saturated heterocycles. The molecule has 0 aliphatic carbocycles. The minimum absolute atomic E-state index is 0.0950. The van der Waals surface area contributed by atoms with E-state index in [2.05, 4.69) is 4.90 Å². The molecule has 0 radical (unpaired) electrons. The smallest absolute Gasteiger partial charge is 0.308 e. The molecule has 98 valence electrons. The molecule has 1 heterocycles. The van der Waals surface area contributed by atoms with Crippen LogP contribution >= 0.6 is 11.6 Å². The lowest BCUT2D eigenvalue weighted by molar-refractivity contribution is -0.142. The van der Waals surface area contributed by atoms with Gasteiger partial charge in [-0.1, -0.05) is 17.7 Å². The molecule has 4 heteroatoms. The Bertz CT molecular complexity index is 461. The highest BCUT2D eigenvalue weighted by Crippen LogP contribution is 2.27. The van der Waals surface area contributed by atoms with E-state index in [1.54, 1.807) is 0 Å². The van der Waals surface area contributed by atoms with Gasteiger partial charge >= 0.3 is 5.97 Å². The molecular formula is C14H18ClNO2. The number of carbonyl (C=O) groups is 1. The quantitative estimate of drug-likeness (QED) is 0.915. The zero-order valence-corrected chi connectivity index (χ0v) is 11.4. The maximum atomic E-state index is 11.1. The third-order valence-electron chi connectivity index (χ3n) is 3.88. The molecule has 2 unspecified atom stereocenters. The molecule has 1 aliphatic rings. The number of carboxylic acid groups (broad SMARTS) is 1. The van der Waals surface area contributed by atoms with Crippen molar-refractivity contribution in [2.45, 2.75) is 32.9 Å². The van der Waals surface area contributed by atoms with Crippen molar-refractivity contribution in [1.29, 1.82) is 0 Å². The second-order valence-corrected chi connectivity index (χ2v) is 5.45. The summed E-state index contributed by atoms with van der Waals surface area (Å²) in [7, 11) is 0. The predicted octanol–water partition coefficient (Wildman–Crippen LogP) is 2.94. The summed E-state index contributed by atoms with van der Waals surface area (Å²) in [6.07, 6.45) is 0.739. The Morgan fingerprint density at radius 2 is 2.28 bits per heavy atom. The molecule has 1 aromatic carbocycles. The maximum Gasteiger partial charge on any atom is 0.308 e. The van der Waals surface area contributed by atoms with Crippen molar-refractivity contribution >= 4 is 17.6 Å². The fraction of sp³-hybridized carbons (Fsp3) is 0.500. The van der Waals surface area contributed by atoms with Gasteiger partial charge in [0.15, 0.2) is 0 Å². The van der Waals surface area contributed by atoms with Crippen LogP contribution < -0.4 is 0 Å². The van der Waals surface area contributed by atoms with Gasteiger partial charge in [-0.2, -0.15) is 0 Å². The number of rotatable bonds is 3. The van der Waals surface area contributed by atoms with Gasteiger partial charge in [0.2, 0.25) is 0 Å². The first kappa shape index (κ1) is 13.4. The molecule has 0 spiro atoms. The molecule has 0 aromatic heterocycles. The molecule has 1 aliphatic heterocycles. The Hall–Kier alpha value is -1.06. The van der Waals surface area contributed by atoms with Crippen LogP contribution in [0, 0.1) is 12.8 Å². The number of aliphatic carboxylic acids is 1. The fourth-order valence-electron chi connectivity index (χ4n) is 2.61. The number of aryl methyl sites for hydroxylation is 1. The van der Waals surface area contributed by atoms with E-state index in [-0.39, 0.29) is 12.0 Å². The molecule has 3 nitrogen and oxygen atoms in total. The summed E-state index contributed by atoms with van der Waals surface area (Å²) >= 11 is 5.94. The highest BCUT2D eigenvalue weighted by atomic mass is 35.5. The maximum absolute atomic E-state index is 11.1. The van der Waals surface area contributed by atoms with Crippen LogP contribution in [0.25, 0.3) is 0 Å². The molecule has 2 rings (SSSR count). The molecular weight excluding hydrogens is 250 g/mol. The van der Waals surface area contributed by atoms with Gasteiger partial charge in [0.25, 0.3) is 0 Å². The number of halogens is 1. The summed E-state index contributed by atoms with van der Waals surface area (Å²) in [5.74, 6) is -0.921. The van der Waals surface area contributed by atoms with Crippen LogP contribution in [-0.4, -0.2) is 28.6 Å². The van der Waals surface area contributed by atoms with Crippen molar-refractivity contribution < 1.29 is 9.90 Å². The molecule has 1 fully saturated rings. The van der Waals surface area contributed by atoms with Crippen molar-refractivity contribution in [3.8, 4) is 0 Å². The lowest BCUT2D eigenvalue weighted by atomic mass is 10.0. The van der Waals surface area contributed by atoms with E-state index in [0.717, 1.165) is 30.1 Å². The van der Waals surface area contributed by atoms with Crippen LogP contribution in [0.5, 0.6) is 0 Å². The summed E-state index contributed by atoms with van der Waals surface area (Å²) in [6, 6.07) is 5.96. The summed E-state index contributed by atoms with van der Waals surface area (Å²) < 4.78 is 0. The Morgan fingerprint density at radius 1 is 1.56 bits per heavy atom. The molecule has 18 heavy (non-hydrogen) atoms. The van der Waals surface area contributed by atoms with Crippen LogP contribution in [0.4, 0.5) is 0 Å². The summed E-state index contributed by atoms with van der Waals surface area (Å²) in [5.41, 5.74) is 2.38. The van der Waals surface area contributed by atoms with Crippen LogP contribution in [0.1, 0.15) is 24.5 Å². The highest BCUT2D eigenvalue weighted by Gasteiger charge is 2.35. The number of benzene rings is 1. The molecule has 0 amide bonds. The topological polar surface area (TPSA) is 40.5 Å². The van der Waals surface area contributed by atoms with Gasteiger partial charge in [0, 0.05) is 17.6 Å². The van der Waals surface area contributed by atoms with Gasteiger partial charge in [-0.15, -0.1) is 0 Å². The van der Waals surface area contributed by atoms with Gasteiger partial charge in [0.05, 0.1) is 5.92 Å². The Balaban J connectivity index is 2.09. The zero-order chi connectivity index (χ0) is 13.3. The van der Waals surface area contributed by atoms with Crippen LogP contribution in [-0.2, 0) is 11.3 Å². The predicted molar refractivity (Wildman–Crippen MR) is 71.8 cm³/mol. The number of carboxylic acids is 1. The first-order chi connectivity index (χ1) is 8.49. The van der Waals surface area contributed by atoms with Crippen molar-refractivity contribution in [2.75, 3.05) is 6.54 Å². The van der Waals surface area contributed by atoms with Gasteiger partial charge in [-0.3, -0.25) is 9.69 Å². The van der Waals surface area contributed by atoms with Crippen molar-refractivity contribution in [1.82, 2.24) is 4.90 Å². The second-order valence-electron chi connectivity index (χ2n) is 5.02. The number of likely N-dealkylation sites (tertiary alicyclic amines) is 1. The van der Waals surface area contributed by atoms with Gasteiger partial charge < -0.3 is 5.11 Å². The van der Waals surface area contributed by atoms with E-state index in [9.17, 15) is 4.79 Å². The SMILES string of the molecule is Cc1cc(Cl)ccc1CN1CCC(C(=O)O)C1C. The zero-order valence-electron chi connectivity index (χ0n) is 10.7. The van der Waals surface area contributed by atoms with Gasteiger partial charge in [-0.05, 0) is 50.1 Å². The molecule has 0 saturated carbocycles. The average molecular weight is 268 g/mol. The minimum atomic E-state index is -0.683. The molecule has 2 atom stereocenters. The summed E-state index contributed by atoms with van der Waals surface area (Å²) in [5, 5.41) is 9.86. The number of hydrogen-bond acceptors (Lipinski definition) is 2. The van der Waals surface area contributed by atoms with Crippen LogP contribution in [0.15, 0.2) is 18.2 Å².